The molecule has 0 aromatic heterocycles. The molecule has 2 N–H and O–H groups in total. The fourth-order valence-corrected chi connectivity index (χ4v) is 3.56. The number of benzene rings is 1. The lowest BCUT2D eigenvalue weighted by Crippen LogP contribution is -2.33. The summed E-state index contributed by atoms with van der Waals surface area (Å²) in [7, 11) is -0.388. The van der Waals surface area contributed by atoms with Crippen LogP contribution in [0.1, 0.15) is 0 Å². The highest BCUT2D eigenvalue weighted by Crippen LogP contribution is 2.26. The van der Waals surface area contributed by atoms with E-state index in [-0.39, 0.29) is 17.3 Å². The van der Waals surface area contributed by atoms with Gasteiger partial charge >= 0.3 is 0 Å². The number of rotatable bonds is 9. The van der Waals surface area contributed by atoms with Crippen molar-refractivity contribution >= 4 is 38.4 Å². The summed E-state index contributed by atoms with van der Waals surface area (Å²) < 4.78 is 37.1. The van der Waals surface area contributed by atoms with Crippen molar-refractivity contribution < 1.29 is 17.9 Å². The summed E-state index contributed by atoms with van der Waals surface area (Å²) in [6, 6.07) is 4.73. The molecule has 6 nitrogen and oxygen atoms in total. The van der Waals surface area contributed by atoms with Crippen molar-refractivity contribution in [1.82, 2.24) is 10.0 Å². The number of hydrogen-bond donors (Lipinski definition) is 2. The summed E-state index contributed by atoms with van der Waals surface area (Å²) >= 11 is 3.24. The maximum Gasteiger partial charge on any atom is 0.241 e. The molecule has 0 heterocycles. The van der Waals surface area contributed by atoms with Gasteiger partial charge in [-0.15, -0.1) is 12.4 Å². The average molecular weight is 404 g/mol. The predicted octanol–water partition coefficient (Wildman–Crippen LogP) is 1.39. The van der Waals surface area contributed by atoms with Crippen LogP contribution in [0.25, 0.3) is 0 Å². The summed E-state index contributed by atoms with van der Waals surface area (Å²) in [5.41, 5.74) is 0. The largest absolute Gasteiger partial charge is 0.497 e. The van der Waals surface area contributed by atoms with Crippen LogP contribution < -0.4 is 14.8 Å². The minimum atomic E-state index is -3.53. The van der Waals surface area contributed by atoms with Crippen LogP contribution in [0, 0.1) is 0 Å². The molecule has 0 aliphatic rings. The van der Waals surface area contributed by atoms with E-state index in [2.05, 4.69) is 26.0 Å². The summed E-state index contributed by atoms with van der Waals surface area (Å²) in [6.07, 6.45) is 0. The van der Waals surface area contributed by atoms with Crippen LogP contribution in [0.4, 0.5) is 0 Å². The van der Waals surface area contributed by atoms with Crippen LogP contribution in [-0.2, 0) is 14.8 Å². The van der Waals surface area contributed by atoms with Gasteiger partial charge in [0.15, 0.2) is 0 Å². The molecule has 0 spiro atoms. The number of methoxy groups -OCH3 is 2. The molecule has 122 valence electrons. The highest BCUT2D eigenvalue weighted by Gasteiger charge is 2.17. The molecule has 0 unspecified atom stereocenters. The van der Waals surface area contributed by atoms with E-state index in [0.29, 0.717) is 36.5 Å². The van der Waals surface area contributed by atoms with Crippen molar-refractivity contribution in [2.24, 2.45) is 0 Å². The minimum Gasteiger partial charge on any atom is -0.497 e. The van der Waals surface area contributed by atoms with Gasteiger partial charge in [0.05, 0.1) is 18.6 Å². The van der Waals surface area contributed by atoms with E-state index in [1.165, 1.54) is 13.2 Å². The number of halogens is 2. The van der Waals surface area contributed by atoms with Gasteiger partial charge in [0.1, 0.15) is 5.75 Å². The number of nitrogens with one attached hydrogen (secondary N) is 2. The minimum absolute atomic E-state index is 0. The van der Waals surface area contributed by atoms with Gasteiger partial charge in [-0.2, -0.15) is 0 Å². The van der Waals surface area contributed by atoms with Gasteiger partial charge in [-0.25, -0.2) is 13.1 Å². The molecular formula is C12H20BrClN2O4S. The molecule has 9 heteroatoms. The number of ether oxygens (including phenoxy) is 2. The third-order valence-corrected chi connectivity index (χ3v) is 4.94. The van der Waals surface area contributed by atoms with Crippen LogP contribution in [0.15, 0.2) is 27.6 Å². The Bertz CT molecular complexity index is 528. The number of sulfonamides is 1. The van der Waals surface area contributed by atoms with Gasteiger partial charge in [0, 0.05) is 31.2 Å². The molecule has 0 amide bonds. The molecule has 0 aliphatic heterocycles. The molecule has 0 bridgehead atoms. The maximum absolute atomic E-state index is 12.1. The normalized spacial score (nSPS) is 11.0. The second kappa shape index (κ2) is 10.4. The van der Waals surface area contributed by atoms with Crippen molar-refractivity contribution in [3.8, 4) is 5.75 Å². The third-order valence-electron chi connectivity index (χ3n) is 2.51. The van der Waals surface area contributed by atoms with Crippen molar-refractivity contribution in [1.29, 1.82) is 0 Å². The van der Waals surface area contributed by atoms with Crippen LogP contribution in [0.2, 0.25) is 0 Å². The number of hydrogen-bond acceptors (Lipinski definition) is 5. The van der Waals surface area contributed by atoms with E-state index < -0.39 is 10.0 Å². The van der Waals surface area contributed by atoms with E-state index >= 15 is 0 Å². The third kappa shape index (κ3) is 6.94. The van der Waals surface area contributed by atoms with Crippen molar-refractivity contribution in [3.05, 3.63) is 22.7 Å². The second-order valence-electron chi connectivity index (χ2n) is 3.94. The Morgan fingerprint density at radius 2 is 1.90 bits per heavy atom. The molecule has 0 radical (unpaired) electrons. The Morgan fingerprint density at radius 3 is 2.48 bits per heavy atom. The Kier molecular flexibility index (Phi) is 10.2. The highest BCUT2D eigenvalue weighted by molar-refractivity contribution is 9.10. The van der Waals surface area contributed by atoms with E-state index in [0.717, 1.165) is 0 Å². The Labute approximate surface area is 140 Å². The summed E-state index contributed by atoms with van der Waals surface area (Å²) in [5.74, 6) is 0.594. The van der Waals surface area contributed by atoms with Crippen LogP contribution in [0.3, 0.4) is 0 Å². The first-order chi connectivity index (χ1) is 9.51. The zero-order valence-corrected chi connectivity index (χ0v) is 15.1. The lowest BCUT2D eigenvalue weighted by molar-refractivity contribution is 0.199. The molecule has 1 rings (SSSR count). The molecule has 0 saturated heterocycles. The SMILES string of the molecule is COCCNCCNS(=O)(=O)c1ccc(OC)cc1Br.Cl. The predicted molar refractivity (Wildman–Crippen MR) is 87.9 cm³/mol. The average Bonchev–Trinajstić information content (AvgIpc) is 2.42. The van der Waals surface area contributed by atoms with E-state index in [4.69, 9.17) is 9.47 Å². The smallest absolute Gasteiger partial charge is 0.241 e. The molecule has 21 heavy (non-hydrogen) atoms. The standard InChI is InChI=1S/C12H19BrN2O4S.ClH/c1-18-8-7-14-5-6-15-20(16,17)12-4-3-10(19-2)9-11(12)13;/h3-4,9,14-15H,5-8H2,1-2H3;1H. The monoisotopic (exact) mass is 402 g/mol. The van der Waals surface area contributed by atoms with Crippen LogP contribution >= 0.6 is 28.3 Å². The first-order valence-electron chi connectivity index (χ1n) is 6.04. The summed E-state index contributed by atoms with van der Waals surface area (Å²) in [4.78, 5) is 0.190. The zero-order chi connectivity index (χ0) is 15.0. The second-order valence-corrected chi connectivity index (χ2v) is 6.53. The zero-order valence-electron chi connectivity index (χ0n) is 11.9. The fourth-order valence-electron chi connectivity index (χ4n) is 1.48. The van der Waals surface area contributed by atoms with Gasteiger partial charge < -0.3 is 14.8 Å². The van der Waals surface area contributed by atoms with Crippen LogP contribution in [0.5, 0.6) is 5.75 Å². The lowest BCUT2D eigenvalue weighted by Gasteiger charge is -2.10. The maximum atomic E-state index is 12.1. The first-order valence-corrected chi connectivity index (χ1v) is 8.31. The molecule has 0 aliphatic carbocycles. The van der Waals surface area contributed by atoms with Gasteiger partial charge in [-0.3, -0.25) is 0 Å². The topological polar surface area (TPSA) is 76.7 Å². The molecule has 0 saturated carbocycles. The summed E-state index contributed by atoms with van der Waals surface area (Å²) in [6.45, 7) is 2.13. The summed E-state index contributed by atoms with van der Waals surface area (Å²) in [5, 5.41) is 3.06. The van der Waals surface area contributed by atoms with Gasteiger partial charge in [0.2, 0.25) is 10.0 Å². The van der Waals surface area contributed by atoms with E-state index in [9.17, 15) is 8.42 Å². The van der Waals surface area contributed by atoms with Crippen molar-refractivity contribution in [2.45, 2.75) is 4.90 Å². The molecular weight excluding hydrogens is 384 g/mol. The van der Waals surface area contributed by atoms with Gasteiger partial charge in [-0.1, -0.05) is 0 Å². The highest BCUT2D eigenvalue weighted by atomic mass is 79.9. The molecule has 0 atom stereocenters. The Morgan fingerprint density at radius 1 is 1.19 bits per heavy atom. The molecule has 1 aromatic carbocycles. The van der Waals surface area contributed by atoms with Crippen molar-refractivity contribution in [2.75, 3.05) is 40.5 Å². The Hall–Kier alpha value is -0.380. The molecule has 1 aromatic rings. The van der Waals surface area contributed by atoms with E-state index in [1.54, 1.807) is 19.2 Å². The van der Waals surface area contributed by atoms with Crippen molar-refractivity contribution in [3.63, 3.8) is 0 Å². The fraction of sp³-hybridized carbons (Fsp3) is 0.500. The lowest BCUT2D eigenvalue weighted by atomic mass is 10.3. The first kappa shape index (κ1) is 20.6. The quantitative estimate of drug-likeness (QED) is 0.609. The van der Waals surface area contributed by atoms with Crippen LogP contribution in [-0.4, -0.2) is 48.9 Å². The van der Waals surface area contributed by atoms with E-state index in [1.807, 2.05) is 0 Å². The van der Waals surface area contributed by atoms with Gasteiger partial charge in [0.25, 0.3) is 0 Å². The Balaban J connectivity index is 0.00000400. The molecule has 0 fully saturated rings. The van der Waals surface area contributed by atoms with Gasteiger partial charge in [-0.05, 0) is 34.1 Å².